The standard InChI is InChI=1S/C20H14FN3O3/c21-16-8-6-14(7-9-16)20-23-17(24-27-20)12-26-18(25)11-15-4-1-3-13-5-2-10-22-19(13)15/h1-10H,11-12H2. The van der Waals surface area contributed by atoms with Gasteiger partial charge >= 0.3 is 5.97 Å². The number of ether oxygens (including phenoxy) is 1. The highest BCUT2D eigenvalue weighted by atomic mass is 19.1. The van der Waals surface area contributed by atoms with E-state index in [4.69, 9.17) is 9.26 Å². The van der Waals surface area contributed by atoms with Gasteiger partial charge in [-0.25, -0.2) is 4.39 Å². The minimum atomic E-state index is -0.415. The quantitative estimate of drug-likeness (QED) is 0.503. The van der Waals surface area contributed by atoms with E-state index in [9.17, 15) is 9.18 Å². The topological polar surface area (TPSA) is 78.1 Å². The van der Waals surface area contributed by atoms with Crippen molar-refractivity contribution < 1.29 is 18.4 Å². The molecule has 0 saturated carbocycles. The summed E-state index contributed by atoms with van der Waals surface area (Å²) in [6.07, 6.45) is 1.78. The number of pyridine rings is 1. The molecule has 2 aromatic carbocycles. The van der Waals surface area contributed by atoms with Crippen LogP contribution in [0.15, 0.2) is 65.3 Å². The predicted octanol–water partition coefficient (Wildman–Crippen LogP) is 3.71. The summed E-state index contributed by atoms with van der Waals surface area (Å²) in [7, 11) is 0. The van der Waals surface area contributed by atoms with Gasteiger partial charge < -0.3 is 9.26 Å². The summed E-state index contributed by atoms with van der Waals surface area (Å²) in [6.45, 7) is -0.109. The number of benzene rings is 2. The number of fused-ring (bicyclic) bond motifs is 1. The third-order valence-corrected chi connectivity index (χ3v) is 3.97. The van der Waals surface area contributed by atoms with Gasteiger partial charge in [0.1, 0.15) is 5.82 Å². The monoisotopic (exact) mass is 363 g/mol. The first kappa shape index (κ1) is 16.8. The van der Waals surface area contributed by atoms with E-state index in [1.54, 1.807) is 6.20 Å². The molecular formula is C20H14FN3O3. The second-order valence-corrected chi connectivity index (χ2v) is 5.85. The molecule has 134 valence electrons. The minimum Gasteiger partial charge on any atom is -0.457 e. The molecule has 0 aliphatic heterocycles. The van der Waals surface area contributed by atoms with E-state index < -0.39 is 5.97 Å². The van der Waals surface area contributed by atoms with Crippen LogP contribution in [0, 0.1) is 5.82 Å². The van der Waals surface area contributed by atoms with Crippen molar-refractivity contribution in [2.45, 2.75) is 13.0 Å². The smallest absolute Gasteiger partial charge is 0.310 e. The molecule has 2 aromatic heterocycles. The van der Waals surface area contributed by atoms with E-state index in [1.165, 1.54) is 24.3 Å². The summed E-state index contributed by atoms with van der Waals surface area (Å²) >= 11 is 0. The van der Waals surface area contributed by atoms with E-state index >= 15 is 0 Å². The molecule has 4 aromatic rings. The molecule has 2 heterocycles. The molecular weight excluding hydrogens is 349 g/mol. The predicted molar refractivity (Wildman–Crippen MR) is 94.9 cm³/mol. The van der Waals surface area contributed by atoms with Crippen molar-refractivity contribution in [1.82, 2.24) is 15.1 Å². The average Bonchev–Trinajstić information content (AvgIpc) is 3.16. The van der Waals surface area contributed by atoms with Crippen LogP contribution in [0.5, 0.6) is 0 Å². The van der Waals surface area contributed by atoms with Gasteiger partial charge in [-0.05, 0) is 35.9 Å². The van der Waals surface area contributed by atoms with Crippen LogP contribution >= 0.6 is 0 Å². The average molecular weight is 363 g/mol. The second-order valence-electron chi connectivity index (χ2n) is 5.85. The highest BCUT2D eigenvalue weighted by Crippen LogP contribution is 2.19. The zero-order valence-corrected chi connectivity index (χ0v) is 14.1. The van der Waals surface area contributed by atoms with E-state index in [2.05, 4.69) is 15.1 Å². The van der Waals surface area contributed by atoms with E-state index in [0.29, 0.717) is 5.56 Å². The normalized spacial score (nSPS) is 10.9. The minimum absolute atomic E-state index is 0.0943. The van der Waals surface area contributed by atoms with Crippen LogP contribution in [-0.4, -0.2) is 21.1 Å². The molecule has 0 N–H and O–H groups in total. The Morgan fingerprint density at radius 3 is 2.74 bits per heavy atom. The van der Waals surface area contributed by atoms with Crippen LogP contribution in [0.1, 0.15) is 11.4 Å². The van der Waals surface area contributed by atoms with Gasteiger partial charge in [-0.2, -0.15) is 4.98 Å². The van der Waals surface area contributed by atoms with Crippen LogP contribution < -0.4 is 0 Å². The molecule has 27 heavy (non-hydrogen) atoms. The number of halogens is 1. The van der Waals surface area contributed by atoms with E-state index in [-0.39, 0.29) is 30.6 Å². The number of esters is 1. The molecule has 4 rings (SSSR count). The molecule has 0 atom stereocenters. The van der Waals surface area contributed by atoms with Crippen LogP contribution in [0.25, 0.3) is 22.4 Å². The zero-order valence-electron chi connectivity index (χ0n) is 14.1. The summed E-state index contributed by atoms with van der Waals surface area (Å²) in [5, 5.41) is 4.74. The lowest BCUT2D eigenvalue weighted by Crippen LogP contribution is -2.09. The lowest BCUT2D eigenvalue weighted by atomic mass is 10.1. The van der Waals surface area contributed by atoms with Crippen LogP contribution in [0.3, 0.4) is 0 Å². The van der Waals surface area contributed by atoms with Crippen LogP contribution in [0.4, 0.5) is 4.39 Å². The molecule has 0 radical (unpaired) electrons. The van der Waals surface area contributed by atoms with Crippen molar-refractivity contribution in [3.63, 3.8) is 0 Å². The maximum atomic E-state index is 13.0. The van der Waals surface area contributed by atoms with Crippen LogP contribution in [-0.2, 0) is 22.6 Å². The number of para-hydroxylation sites is 1. The fourth-order valence-corrected chi connectivity index (χ4v) is 2.68. The molecule has 0 aliphatic carbocycles. The lowest BCUT2D eigenvalue weighted by molar-refractivity contribution is -0.144. The van der Waals surface area contributed by atoms with E-state index in [1.807, 2.05) is 30.3 Å². The Morgan fingerprint density at radius 2 is 1.89 bits per heavy atom. The number of carbonyl (C=O) groups excluding carboxylic acids is 1. The maximum absolute atomic E-state index is 13.0. The number of rotatable bonds is 5. The summed E-state index contributed by atoms with van der Waals surface area (Å²) in [4.78, 5) is 20.6. The molecule has 0 fully saturated rings. The van der Waals surface area contributed by atoms with Gasteiger partial charge in [-0.3, -0.25) is 9.78 Å². The number of nitrogens with zero attached hydrogens (tertiary/aromatic N) is 3. The molecule has 0 saturated heterocycles. The van der Waals surface area contributed by atoms with Gasteiger partial charge in [0.2, 0.25) is 5.82 Å². The van der Waals surface area contributed by atoms with Crippen molar-refractivity contribution in [2.24, 2.45) is 0 Å². The number of carbonyl (C=O) groups is 1. The number of aromatic nitrogens is 3. The molecule has 6 nitrogen and oxygen atoms in total. The first-order valence-electron chi connectivity index (χ1n) is 8.26. The highest BCUT2D eigenvalue weighted by molar-refractivity contribution is 5.85. The van der Waals surface area contributed by atoms with Crippen molar-refractivity contribution in [3.8, 4) is 11.5 Å². The van der Waals surface area contributed by atoms with Gasteiger partial charge in [0.05, 0.1) is 11.9 Å². The lowest BCUT2D eigenvalue weighted by Gasteiger charge is -2.05. The number of hydrogen-bond donors (Lipinski definition) is 0. The first-order chi connectivity index (χ1) is 13.2. The summed E-state index contributed by atoms with van der Waals surface area (Å²) in [5.74, 6) is -0.297. The fourth-order valence-electron chi connectivity index (χ4n) is 2.68. The fraction of sp³-hybridized carbons (Fsp3) is 0.100. The Kier molecular flexibility index (Phi) is 4.57. The molecule has 0 bridgehead atoms. The van der Waals surface area contributed by atoms with Crippen molar-refractivity contribution in [2.75, 3.05) is 0 Å². The molecule has 0 spiro atoms. The Labute approximate surface area is 153 Å². The van der Waals surface area contributed by atoms with Gasteiger partial charge in [0, 0.05) is 17.1 Å². The summed E-state index contributed by atoms with van der Waals surface area (Å²) in [6, 6.07) is 15.1. The largest absolute Gasteiger partial charge is 0.457 e. The molecule has 0 aliphatic rings. The van der Waals surface area contributed by atoms with Gasteiger partial charge in [-0.1, -0.05) is 29.4 Å². The third kappa shape index (κ3) is 3.82. The van der Waals surface area contributed by atoms with Gasteiger partial charge in [0.25, 0.3) is 5.89 Å². The van der Waals surface area contributed by atoms with E-state index in [0.717, 1.165) is 16.5 Å². The Bertz CT molecular complexity index is 1090. The van der Waals surface area contributed by atoms with Crippen molar-refractivity contribution in [3.05, 3.63) is 78.0 Å². The highest BCUT2D eigenvalue weighted by Gasteiger charge is 2.13. The van der Waals surface area contributed by atoms with Crippen LogP contribution in [0.2, 0.25) is 0 Å². The Hall–Kier alpha value is -3.61. The van der Waals surface area contributed by atoms with Gasteiger partial charge in [-0.15, -0.1) is 0 Å². The molecule has 0 unspecified atom stereocenters. The SMILES string of the molecule is O=C(Cc1cccc2cccnc12)OCc1noc(-c2ccc(F)cc2)n1. The Morgan fingerprint density at radius 1 is 1.07 bits per heavy atom. The summed E-state index contributed by atoms with van der Waals surface area (Å²) < 4.78 is 23.3. The maximum Gasteiger partial charge on any atom is 0.310 e. The molecule has 7 heteroatoms. The van der Waals surface area contributed by atoms with Crippen molar-refractivity contribution >= 4 is 16.9 Å². The Balaban J connectivity index is 1.40. The summed E-state index contributed by atoms with van der Waals surface area (Å²) in [5.41, 5.74) is 2.15. The zero-order chi connectivity index (χ0) is 18.6. The third-order valence-electron chi connectivity index (χ3n) is 3.97. The van der Waals surface area contributed by atoms with Crippen molar-refractivity contribution in [1.29, 1.82) is 0 Å². The second kappa shape index (κ2) is 7.33. The number of hydrogen-bond acceptors (Lipinski definition) is 6. The van der Waals surface area contributed by atoms with Gasteiger partial charge in [0.15, 0.2) is 6.61 Å². The first-order valence-corrected chi connectivity index (χ1v) is 8.26. The molecule has 0 amide bonds.